The van der Waals surface area contributed by atoms with Gasteiger partial charge in [-0.25, -0.2) is 13.4 Å². The van der Waals surface area contributed by atoms with E-state index in [4.69, 9.17) is 0 Å². The molecule has 1 atom stereocenters. The Morgan fingerprint density at radius 2 is 2.37 bits per heavy atom. The van der Waals surface area contributed by atoms with Crippen molar-refractivity contribution in [3.05, 3.63) is 21.2 Å². The zero-order valence-electron chi connectivity index (χ0n) is 10.3. The van der Waals surface area contributed by atoms with E-state index in [1.54, 1.807) is 23.6 Å². The molecule has 1 aromatic heterocycles. The third-order valence-corrected chi connectivity index (χ3v) is 6.96. The van der Waals surface area contributed by atoms with Crippen molar-refractivity contribution >= 4 is 43.3 Å². The summed E-state index contributed by atoms with van der Waals surface area (Å²) in [7, 11) is -3.22. The molecule has 6 nitrogen and oxygen atoms in total. The van der Waals surface area contributed by atoms with Gasteiger partial charge in [-0.1, -0.05) is 6.92 Å². The molecular weight excluding hydrogens is 354 g/mol. The van der Waals surface area contributed by atoms with Gasteiger partial charge in [0.1, 0.15) is 9.85 Å². The minimum atomic E-state index is -3.22. The van der Waals surface area contributed by atoms with E-state index in [1.165, 1.54) is 6.33 Å². The Hall–Kier alpha value is -0.540. The predicted octanol–water partition coefficient (Wildman–Crippen LogP) is 0.846. The van der Waals surface area contributed by atoms with Crippen molar-refractivity contribution in [2.24, 2.45) is 0 Å². The fraction of sp³-hybridized carbons (Fsp3) is 0.600. The molecule has 1 N–H and O–H groups in total. The van der Waals surface area contributed by atoms with Gasteiger partial charge in [-0.2, -0.15) is 11.8 Å². The molecule has 1 aliphatic heterocycles. The van der Waals surface area contributed by atoms with Gasteiger partial charge in [0.2, 0.25) is 0 Å². The maximum absolute atomic E-state index is 12.2. The van der Waals surface area contributed by atoms with Crippen molar-refractivity contribution in [2.45, 2.75) is 12.3 Å². The summed E-state index contributed by atoms with van der Waals surface area (Å²) in [6.07, 6.45) is 1.29. The Kier molecular flexibility index (Phi) is 4.57. The van der Waals surface area contributed by atoms with Crippen LogP contribution in [-0.2, 0) is 9.84 Å². The van der Waals surface area contributed by atoms with Gasteiger partial charge in [-0.05, 0) is 15.9 Å². The van der Waals surface area contributed by atoms with Crippen LogP contribution in [0.4, 0.5) is 5.82 Å². The lowest BCUT2D eigenvalue weighted by atomic mass is 10.4. The zero-order valence-corrected chi connectivity index (χ0v) is 13.5. The average molecular weight is 368 g/mol. The van der Waals surface area contributed by atoms with Crippen LogP contribution in [0.5, 0.6) is 0 Å². The summed E-state index contributed by atoms with van der Waals surface area (Å²) in [5, 5.41) is -0.623. The number of aromatic amines is 1. The number of rotatable bonds is 3. The maximum Gasteiger partial charge on any atom is 0.267 e. The molecule has 0 amide bonds. The number of nitrogens with one attached hydrogen (secondary N) is 1. The highest BCUT2D eigenvalue weighted by Crippen LogP contribution is 2.29. The lowest BCUT2D eigenvalue weighted by Gasteiger charge is -2.35. The molecule has 1 fully saturated rings. The van der Waals surface area contributed by atoms with E-state index in [-0.39, 0.29) is 15.8 Å². The number of H-pyrrole nitrogens is 1. The molecule has 2 heterocycles. The van der Waals surface area contributed by atoms with Gasteiger partial charge >= 0.3 is 0 Å². The summed E-state index contributed by atoms with van der Waals surface area (Å²) in [5.41, 5.74) is -0.309. The molecule has 1 saturated heterocycles. The van der Waals surface area contributed by atoms with E-state index >= 15 is 0 Å². The number of nitrogens with zero attached hydrogens (tertiary/aromatic N) is 2. The predicted molar refractivity (Wildman–Crippen MR) is 80.5 cm³/mol. The highest BCUT2D eigenvalue weighted by Gasteiger charge is 2.34. The molecule has 0 saturated carbocycles. The lowest BCUT2D eigenvalue weighted by Crippen LogP contribution is -2.48. The number of hydrogen-bond acceptors (Lipinski definition) is 6. The minimum absolute atomic E-state index is 0.0789. The first-order valence-corrected chi connectivity index (χ1v) is 9.43. The summed E-state index contributed by atoms with van der Waals surface area (Å²) < 4.78 is 24.6. The van der Waals surface area contributed by atoms with Crippen LogP contribution in [0, 0.1) is 0 Å². The SMILES string of the molecule is CCS(=O)(=O)C1CSCCN1c1nc[nH]c(=O)c1Br. The van der Waals surface area contributed by atoms with E-state index in [1.807, 2.05) is 0 Å². The van der Waals surface area contributed by atoms with Crippen LogP contribution < -0.4 is 10.5 Å². The van der Waals surface area contributed by atoms with Crippen LogP contribution >= 0.6 is 27.7 Å². The van der Waals surface area contributed by atoms with Crippen molar-refractivity contribution in [1.82, 2.24) is 9.97 Å². The second-order valence-corrected chi connectivity index (χ2v) is 8.43. The Bertz CT molecular complexity index is 617. The van der Waals surface area contributed by atoms with E-state index < -0.39 is 15.2 Å². The fourth-order valence-electron chi connectivity index (χ4n) is 1.89. The van der Waals surface area contributed by atoms with Crippen molar-refractivity contribution in [3.8, 4) is 0 Å². The van der Waals surface area contributed by atoms with E-state index in [0.29, 0.717) is 18.1 Å². The van der Waals surface area contributed by atoms with Crippen molar-refractivity contribution < 1.29 is 8.42 Å². The Morgan fingerprint density at radius 1 is 1.63 bits per heavy atom. The van der Waals surface area contributed by atoms with Crippen LogP contribution in [0.25, 0.3) is 0 Å². The molecule has 2 rings (SSSR count). The fourth-order valence-corrected chi connectivity index (χ4v) is 5.30. The van der Waals surface area contributed by atoms with Gasteiger partial charge in [-0.15, -0.1) is 0 Å². The second-order valence-electron chi connectivity index (χ2n) is 4.04. The van der Waals surface area contributed by atoms with Crippen LogP contribution in [0.1, 0.15) is 6.92 Å². The summed E-state index contributed by atoms with van der Waals surface area (Å²) in [4.78, 5) is 19.8. The Balaban J connectivity index is 2.46. The monoisotopic (exact) mass is 367 g/mol. The molecule has 0 bridgehead atoms. The van der Waals surface area contributed by atoms with Crippen LogP contribution in [0.2, 0.25) is 0 Å². The number of hydrogen-bond donors (Lipinski definition) is 1. The molecule has 0 aliphatic carbocycles. The molecule has 106 valence electrons. The highest BCUT2D eigenvalue weighted by molar-refractivity contribution is 9.10. The first kappa shape index (κ1) is 14.9. The molecule has 0 radical (unpaired) electrons. The third-order valence-electron chi connectivity index (χ3n) is 2.95. The summed E-state index contributed by atoms with van der Waals surface area (Å²) in [6, 6.07) is 0. The Morgan fingerprint density at radius 3 is 3.05 bits per heavy atom. The topological polar surface area (TPSA) is 83.1 Å². The Labute approximate surface area is 124 Å². The second kappa shape index (κ2) is 5.84. The van der Waals surface area contributed by atoms with Gasteiger partial charge in [0.15, 0.2) is 15.7 Å². The van der Waals surface area contributed by atoms with Crippen LogP contribution in [-0.4, -0.2) is 47.6 Å². The van der Waals surface area contributed by atoms with E-state index in [2.05, 4.69) is 25.9 Å². The van der Waals surface area contributed by atoms with Crippen LogP contribution in [0.15, 0.2) is 15.6 Å². The van der Waals surface area contributed by atoms with Crippen molar-refractivity contribution in [1.29, 1.82) is 0 Å². The molecule has 9 heteroatoms. The van der Waals surface area contributed by atoms with E-state index in [0.717, 1.165) is 5.75 Å². The molecule has 19 heavy (non-hydrogen) atoms. The highest BCUT2D eigenvalue weighted by atomic mass is 79.9. The van der Waals surface area contributed by atoms with Crippen molar-refractivity contribution in [2.75, 3.05) is 28.7 Å². The minimum Gasteiger partial charge on any atom is -0.337 e. The average Bonchev–Trinajstić information content (AvgIpc) is 2.42. The quantitative estimate of drug-likeness (QED) is 0.852. The molecule has 0 spiro atoms. The van der Waals surface area contributed by atoms with Gasteiger partial charge in [0.05, 0.1) is 6.33 Å². The number of anilines is 1. The zero-order chi connectivity index (χ0) is 14.0. The first-order chi connectivity index (χ1) is 8.97. The maximum atomic E-state index is 12.2. The molecule has 1 aromatic rings. The molecule has 0 aromatic carbocycles. The summed E-state index contributed by atoms with van der Waals surface area (Å²) in [5.74, 6) is 1.79. The summed E-state index contributed by atoms with van der Waals surface area (Å²) in [6.45, 7) is 2.19. The summed E-state index contributed by atoms with van der Waals surface area (Å²) >= 11 is 4.79. The number of sulfone groups is 1. The number of aromatic nitrogens is 2. The third kappa shape index (κ3) is 2.97. The van der Waals surface area contributed by atoms with Gasteiger partial charge in [0, 0.05) is 23.8 Å². The smallest absolute Gasteiger partial charge is 0.267 e. The van der Waals surface area contributed by atoms with Gasteiger partial charge < -0.3 is 9.88 Å². The normalized spacial score (nSPS) is 20.5. The first-order valence-electron chi connectivity index (χ1n) is 5.76. The van der Waals surface area contributed by atoms with Gasteiger partial charge in [-0.3, -0.25) is 4.79 Å². The number of halogens is 1. The largest absolute Gasteiger partial charge is 0.337 e. The van der Waals surface area contributed by atoms with Crippen LogP contribution in [0.3, 0.4) is 0 Å². The van der Waals surface area contributed by atoms with Gasteiger partial charge in [0.25, 0.3) is 5.56 Å². The lowest BCUT2D eigenvalue weighted by molar-refractivity contribution is 0.578. The molecule has 1 aliphatic rings. The molecule has 1 unspecified atom stereocenters. The van der Waals surface area contributed by atoms with E-state index in [9.17, 15) is 13.2 Å². The van der Waals surface area contributed by atoms with Crippen molar-refractivity contribution in [3.63, 3.8) is 0 Å². The molecular formula is C10H14BrN3O3S2. The number of thioether (sulfide) groups is 1. The standard InChI is InChI=1S/C10H14BrN3O3S2/c1-2-19(16,17)7-5-18-4-3-14(7)9-8(11)10(15)13-6-12-9/h6-7H,2-5H2,1H3,(H,12,13,15).